The van der Waals surface area contributed by atoms with Crippen molar-refractivity contribution in [3.63, 3.8) is 0 Å². The number of hydrogen-bond acceptors (Lipinski definition) is 5. The van der Waals surface area contributed by atoms with E-state index < -0.39 is 28.9 Å². The molecule has 0 radical (unpaired) electrons. The van der Waals surface area contributed by atoms with Crippen LogP contribution in [0.25, 0.3) is 6.08 Å². The van der Waals surface area contributed by atoms with E-state index in [4.69, 9.17) is 0 Å². The molecule has 0 saturated carbocycles. The fraction of sp³-hybridized carbons (Fsp3) is 0.231. The number of ether oxygens (including phenoxy) is 1. The van der Waals surface area contributed by atoms with Gasteiger partial charge in [-0.3, -0.25) is 14.9 Å². The molecule has 0 aliphatic rings. The summed E-state index contributed by atoms with van der Waals surface area (Å²) in [5.74, 6) is -1.99. The summed E-state index contributed by atoms with van der Waals surface area (Å²) in [7, 11) is 0. The Balaban J connectivity index is 3.19. The van der Waals surface area contributed by atoms with Gasteiger partial charge in [0.25, 0.3) is 5.69 Å². The van der Waals surface area contributed by atoms with Crippen molar-refractivity contribution in [2.75, 3.05) is 13.3 Å². The quantitative estimate of drug-likeness (QED) is 0.199. The molecule has 106 valence electrons. The first-order chi connectivity index (χ1) is 9.49. The van der Waals surface area contributed by atoms with E-state index in [1.54, 1.807) is 6.92 Å². The predicted octanol–water partition coefficient (Wildman–Crippen LogP) is 2.08. The number of non-ortho nitro benzene ring substituents is 1. The lowest BCUT2D eigenvalue weighted by atomic mass is 10.1. The van der Waals surface area contributed by atoms with Gasteiger partial charge in [-0.05, 0) is 18.6 Å². The van der Waals surface area contributed by atoms with Gasteiger partial charge >= 0.3 is 5.97 Å². The lowest BCUT2D eigenvalue weighted by molar-refractivity contribution is -0.384. The molecular weight excluding hydrogens is 269 g/mol. The van der Waals surface area contributed by atoms with Crippen molar-refractivity contribution < 1.29 is 23.6 Å². The number of Topliss-reactive ketones (excluding diaryl/α,β-unsaturated/α-hetero) is 1. The number of nitrogens with zero attached hydrogens (tertiary/aromatic N) is 1. The molecule has 0 atom stereocenters. The second-order valence-electron chi connectivity index (χ2n) is 3.69. The van der Waals surface area contributed by atoms with Crippen LogP contribution in [0.15, 0.2) is 29.8 Å². The number of benzene rings is 1. The van der Waals surface area contributed by atoms with Gasteiger partial charge in [0.15, 0.2) is 6.67 Å². The van der Waals surface area contributed by atoms with E-state index in [1.165, 1.54) is 24.3 Å². The molecule has 0 unspecified atom stereocenters. The fourth-order valence-corrected chi connectivity index (χ4v) is 1.43. The predicted molar refractivity (Wildman–Crippen MR) is 68.7 cm³/mol. The zero-order valence-corrected chi connectivity index (χ0v) is 10.7. The second kappa shape index (κ2) is 7.13. The van der Waals surface area contributed by atoms with Gasteiger partial charge in [-0.1, -0.05) is 12.1 Å². The molecule has 1 rings (SSSR count). The van der Waals surface area contributed by atoms with Gasteiger partial charge in [0, 0.05) is 12.1 Å². The van der Waals surface area contributed by atoms with Crippen LogP contribution in [0.4, 0.5) is 10.1 Å². The topological polar surface area (TPSA) is 86.5 Å². The summed E-state index contributed by atoms with van der Waals surface area (Å²) >= 11 is 0. The van der Waals surface area contributed by atoms with E-state index in [0.29, 0.717) is 0 Å². The van der Waals surface area contributed by atoms with Crippen molar-refractivity contribution in [3.05, 3.63) is 45.5 Å². The SMILES string of the molecule is CCOC(=O)/C(=C/c1cccc([N+](=O)[O-])c1)C(=O)CF. The summed E-state index contributed by atoms with van der Waals surface area (Å²) in [5, 5.41) is 10.6. The van der Waals surface area contributed by atoms with Crippen molar-refractivity contribution in [1.82, 2.24) is 0 Å². The number of ketones is 1. The average Bonchev–Trinajstić information content (AvgIpc) is 2.44. The monoisotopic (exact) mass is 281 g/mol. The minimum absolute atomic E-state index is 0.0324. The van der Waals surface area contributed by atoms with Crippen LogP contribution in [-0.2, 0) is 14.3 Å². The molecule has 20 heavy (non-hydrogen) atoms. The van der Waals surface area contributed by atoms with Crippen molar-refractivity contribution in [1.29, 1.82) is 0 Å². The molecular formula is C13H12FNO5. The normalized spacial score (nSPS) is 11.0. The third-order valence-corrected chi connectivity index (χ3v) is 2.31. The Morgan fingerprint density at radius 3 is 2.70 bits per heavy atom. The van der Waals surface area contributed by atoms with Crippen molar-refractivity contribution in [2.45, 2.75) is 6.92 Å². The molecule has 6 nitrogen and oxygen atoms in total. The minimum Gasteiger partial charge on any atom is -0.462 e. The number of halogens is 1. The first-order valence-electron chi connectivity index (χ1n) is 5.72. The summed E-state index contributed by atoms with van der Waals surface area (Å²) in [4.78, 5) is 32.9. The molecule has 0 bridgehead atoms. The summed E-state index contributed by atoms with van der Waals surface area (Å²) in [6.07, 6.45) is 1.08. The third kappa shape index (κ3) is 3.98. The number of rotatable bonds is 6. The van der Waals surface area contributed by atoms with Crippen LogP contribution in [0.3, 0.4) is 0 Å². The van der Waals surface area contributed by atoms with E-state index in [9.17, 15) is 24.1 Å². The van der Waals surface area contributed by atoms with Crippen molar-refractivity contribution in [2.24, 2.45) is 0 Å². The first kappa shape index (κ1) is 15.5. The molecule has 0 aromatic heterocycles. The molecule has 1 aromatic carbocycles. The molecule has 0 aliphatic heterocycles. The Kier molecular flexibility index (Phi) is 5.52. The molecule has 7 heteroatoms. The second-order valence-corrected chi connectivity index (χ2v) is 3.69. The Hall–Kier alpha value is -2.57. The zero-order valence-electron chi connectivity index (χ0n) is 10.7. The molecule has 0 N–H and O–H groups in total. The summed E-state index contributed by atoms with van der Waals surface area (Å²) in [6, 6.07) is 5.29. The number of esters is 1. The van der Waals surface area contributed by atoms with Gasteiger partial charge in [-0.15, -0.1) is 0 Å². The number of carbonyl (C=O) groups excluding carboxylic acids is 2. The zero-order chi connectivity index (χ0) is 15.1. The largest absolute Gasteiger partial charge is 0.462 e. The Morgan fingerprint density at radius 2 is 2.15 bits per heavy atom. The van der Waals surface area contributed by atoms with Crippen LogP contribution < -0.4 is 0 Å². The van der Waals surface area contributed by atoms with Crippen LogP contribution in [0.5, 0.6) is 0 Å². The maximum Gasteiger partial charge on any atom is 0.341 e. The highest BCUT2D eigenvalue weighted by atomic mass is 19.1. The van der Waals surface area contributed by atoms with E-state index in [1.807, 2.05) is 0 Å². The maximum atomic E-state index is 12.4. The highest BCUT2D eigenvalue weighted by molar-refractivity contribution is 6.21. The van der Waals surface area contributed by atoms with Gasteiger partial charge in [0.1, 0.15) is 5.57 Å². The first-order valence-corrected chi connectivity index (χ1v) is 5.72. The van der Waals surface area contributed by atoms with E-state index >= 15 is 0 Å². The van der Waals surface area contributed by atoms with Crippen molar-refractivity contribution in [3.8, 4) is 0 Å². The third-order valence-electron chi connectivity index (χ3n) is 2.31. The molecule has 0 heterocycles. The van der Waals surface area contributed by atoms with E-state index in [2.05, 4.69) is 4.74 Å². The molecule has 0 saturated heterocycles. The summed E-state index contributed by atoms with van der Waals surface area (Å²) in [5.41, 5.74) is -0.437. The highest BCUT2D eigenvalue weighted by Crippen LogP contribution is 2.16. The lowest BCUT2D eigenvalue weighted by Crippen LogP contribution is -2.17. The number of nitro benzene ring substituents is 1. The Bertz CT molecular complexity index is 568. The van der Waals surface area contributed by atoms with Gasteiger partial charge in [-0.2, -0.15) is 0 Å². The molecule has 0 aliphatic carbocycles. The van der Waals surface area contributed by atoms with Crippen LogP contribution in [0.2, 0.25) is 0 Å². The van der Waals surface area contributed by atoms with Crippen LogP contribution in [0.1, 0.15) is 12.5 Å². The van der Waals surface area contributed by atoms with Gasteiger partial charge in [0.2, 0.25) is 5.78 Å². The fourth-order valence-electron chi connectivity index (χ4n) is 1.43. The Labute approximate surface area is 114 Å². The molecule has 0 amide bonds. The average molecular weight is 281 g/mol. The summed E-state index contributed by atoms with van der Waals surface area (Å²) in [6.45, 7) is 0.229. The summed E-state index contributed by atoms with van der Waals surface area (Å²) < 4.78 is 17.1. The van der Waals surface area contributed by atoms with Crippen LogP contribution in [-0.4, -0.2) is 30.0 Å². The van der Waals surface area contributed by atoms with Gasteiger partial charge < -0.3 is 4.74 Å². The standard InChI is InChI=1S/C13H12FNO5/c1-2-20-13(17)11(12(16)8-14)7-9-4-3-5-10(6-9)15(18)19/h3-7H,2,8H2,1H3/b11-7+. The number of carbonyl (C=O) groups is 2. The number of hydrogen-bond donors (Lipinski definition) is 0. The van der Waals surface area contributed by atoms with Crippen LogP contribution >= 0.6 is 0 Å². The van der Waals surface area contributed by atoms with E-state index in [0.717, 1.165) is 6.08 Å². The highest BCUT2D eigenvalue weighted by Gasteiger charge is 2.19. The number of nitro groups is 1. The smallest absolute Gasteiger partial charge is 0.341 e. The minimum atomic E-state index is -1.35. The maximum absolute atomic E-state index is 12.4. The van der Waals surface area contributed by atoms with Gasteiger partial charge in [-0.25, -0.2) is 9.18 Å². The molecule has 0 spiro atoms. The molecule has 1 aromatic rings. The van der Waals surface area contributed by atoms with Gasteiger partial charge in [0.05, 0.1) is 11.5 Å². The van der Waals surface area contributed by atoms with Crippen LogP contribution in [0, 0.1) is 10.1 Å². The Morgan fingerprint density at radius 1 is 1.45 bits per heavy atom. The lowest BCUT2D eigenvalue weighted by Gasteiger charge is -2.04. The molecule has 0 fully saturated rings. The van der Waals surface area contributed by atoms with E-state index in [-0.39, 0.29) is 17.9 Å². The number of alkyl halides is 1. The van der Waals surface area contributed by atoms with Crippen molar-refractivity contribution >= 4 is 23.5 Å².